The van der Waals surface area contributed by atoms with Gasteiger partial charge in [0.1, 0.15) is 18.6 Å². The molecule has 0 rings (SSSR count). The summed E-state index contributed by atoms with van der Waals surface area (Å²) in [5, 5.41) is 22.1. The Bertz CT molecular complexity index is 475. The molecule has 0 saturated heterocycles. The van der Waals surface area contributed by atoms with E-state index in [0.717, 1.165) is 31.4 Å². The van der Waals surface area contributed by atoms with Crippen molar-refractivity contribution in [1.82, 2.24) is 10.6 Å². The zero-order chi connectivity index (χ0) is 19.9. The fourth-order valence-electron chi connectivity index (χ4n) is 1.98. The van der Waals surface area contributed by atoms with Crippen molar-refractivity contribution in [3.05, 3.63) is 0 Å². The first-order chi connectivity index (χ1) is 12.3. The number of carbonyl (C=O) groups excluding carboxylic acids is 2. The predicted molar refractivity (Wildman–Crippen MR) is 98.9 cm³/mol. The van der Waals surface area contributed by atoms with Crippen LogP contribution in [0.3, 0.4) is 0 Å². The van der Waals surface area contributed by atoms with E-state index in [1.165, 1.54) is 11.8 Å². The molecule has 9 nitrogen and oxygen atoms in total. The number of thioether (sulfide) groups is 1. The van der Waals surface area contributed by atoms with Crippen molar-refractivity contribution in [3.63, 3.8) is 0 Å². The molecule has 0 aromatic rings. The molecule has 0 aliphatic rings. The van der Waals surface area contributed by atoms with Gasteiger partial charge in [-0.05, 0) is 18.6 Å². The molecule has 2 amide bonds. The minimum atomic E-state index is -1.20. The van der Waals surface area contributed by atoms with Crippen LogP contribution >= 0.6 is 11.8 Å². The van der Waals surface area contributed by atoms with Crippen LogP contribution < -0.4 is 16.4 Å². The van der Waals surface area contributed by atoms with Crippen LogP contribution in [-0.4, -0.2) is 64.1 Å². The van der Waals surface area contributed by atoms with Crippen molar-refractivity contribution in [2.45, 2.75) is 57.5 Å². The van der Waals surface area contributed by atoms with E-state index in [0.29, 0.717) is 5.75 Å². The second kappa shape index (κ2) is 14.4. The quantitative estimate of drug-likeness (QED) is 0.247. The number of carbonyl (C=O) groups is 4. The van der Waals surface area contributed by atoms with Gasteiger partial charge < -0.3 is 26.6 Å². The average molecular weight is 391 g/mol. The Balaban J connectivity index is 4.46. The molecule has 0 bridgehead atoms. The van der Waals surface area contributed by atoms with Crippen LogP contribution in [0.5, 0.6) is 0 Å². The highest BCUT2D eigenvalue weighted by molar-refractivity contribution is 7.99. The number of amides is 2. The number of hydrogen-bond donors (Lipinski definition) is 5. The first-order valence-electron chi connectivity index (χ1n) is 8.62. The van der Waals surface area contributed by atoms with Crippen LogP contribution in [0.25, 0.3) is 0 Å². The number of rotatable bonds is 15. The van der Waals surface area contributed by atoms with Crippen molar-refractivity contribution in [2.24, 2.45) is 5.73 Å². The lowest BCUT2D eigenvalue weighted by Gasteiger charge is -2.18. The zero-order valence-electron chi connectivity index (χ0n) is 15.0. The van der Waals surface area contributed by atoms with E-state index < -0.39 is 42.4 Å². The van der Waals surface area contributed by atoms with Crippen molar-refractivity contribution in [2.75, 3.05) is 18.1 Å². The highest BCUT2D eigenvalue weighted by Crippen LogP contribution is 2.10. The van der Waals surface area contributed by atoms with E-state index >= 15 is 0 Å². The Morgan fingerprint density at radius 3 is 2.38 bits per heavy atom. The molecule has 0 heterocycles. The minimum Gasteiger partial charge on any atom is -0.480 e. The van der Waals surface area contributed by atoms with Crippen molar-refractivity contribution in [1.29, 1.82) is 0 Å². The molecule has 10 heteroatoms. The first kappa shape index (κ1) is 24.2. The van der Waals surface area contributed by atoms with Crippen molar-refractivity contribution < 1.29 is 29.4 Å². The molecule has 0 spiro atoms. The molecule has 2 atom stereocenters. The number of hydrogen-bond acceptors (Lipinski definition) is 6. The summed E-state index contributed by atoms with van der Waals surface area (Å²) in [7, 11) is 0. The molecule has 0 unspecified atom stereocenters. The number of unbranched alkanes of at least 4 members (excludes halogenated alkanes) is 3. The van der Waals surface area contributed by atoms with E-state index in [2.05, 4.69) is 17.6 Å². The van der Waals surface area contributed by atoms with Gasteiger partial charge >= 0.3 is 11.9 Å². The van der Waals surface area contributed by atoms with Gasteiger partial charge in [0.05, 0.1) is 0 Å². The summed E-state index contributed by atoms with van der Waals surface area (Å²) in [6.45, 7) is 1.58. The molecule has 0 aliphatic heterocycles. The largest absolute Gasteiger partial charge is 0.480 e. The predicted octanol–water partition coefficient (Wildman–Crippen LogP) is 0.178. The van der Waals surface area contributed by atoms with Crippen molar-refractivity contribution in [3.8, 4) is 0 Å². The molecule has 0 radical (unpaired) electrons. The lowest BCUT2D eigenvalue weighted by Crippen LogP contribution is -2.49. The first-order valence-corrected chi connectivity index (χ1v) is 9.78. The van der Waals surface area contributed by atoms with Crippen LogP contribution in [-0.2, 0) is 19.2 Å². The van der Waals surface area contributed by atoms with Gasteiger partial charge in [-0.3, -0.25) is 19.2 Å². The maximum Gasteiger partial charge on any atom is 0.322 e. The second-order valence-corrected chi connectivity index (χ2v) is 7.00. The Kier molecular flexibility index (Phi) is 13.4. The molecule has 6 N–H and O–H groups in total. The fourth-order valence-corrected chi connectivity index (χ4v) is 3.02. The van der Waals surface area contributed by atoms with Crippen LogP contribution in [0.1, 0.15) is 45.4 Å². The van der Waals surface area contributed by atoms with E-state index in [9.17, 15) is 19.2 Å². The number of nitrogens with one attached hydrogen (secondary N) is 2. The number of nitrogens with two attached hydrogens (primary N) is 1. The standard InChI is InChI=1S/C16H29N3O6S/c1-2-3-4-5-8-26-10-12(15(23)18-9-14(21)22)19-13(20)7-6-11(17)16(24)25/h11-12H,2-10,17H2,1H3,(H,18,23)(H,19,20)(H,21,22)(H,24,25)/t11-,12+/m0/s1. The molecule has 0 aromatic carbocycles. The van der Waals surface area contributed by atoms with Gasteiger partial charge in [-0.15, -0.1) is 0 Å². The van der Waals surface area contributed by atoms with Gasteiger partial charge in [-0.25, -0.2) is 0 Å². The topological polar surface area (TPSA) is 159 Å². The fraction of sp³-hybridized carbons (Fsp3) is 0.750. The molecule has 26 heavy (non-hydrogen) atoms. The summed E-state index contributed by atoms with van der Waals surface area (Å²) in [5.74, 6) is -2.30. The van der Waals surface area contributed by atoms with Gasteiger partial charge in [0.2, 0.25) is 11.8 Å². The Morgan fingerprint density at radius 2 is 1.81 bits per heavy atom. The summed E-state index contributed by atoms with van der Waals surface area (Å²) in [6, 6.07) is -2.02. The Morgan fingerprint density at radius 1 is 1.12 bits per heavy atom. The maximum atomic E-state index is 12.1. The smallest absolute Gasteiger partial charge is 0.322 e. The van der Waals surface area contributed by atoms with E-state index in [1.54, 1.807) is 0 Å². The molecular formula is C16H29N3O6S. The molecule has 0 aromatic heterocycles. The SMILES string of the molecule is CCCCCCSC[C@@H](NC(=O)CC[C@H](N)C(=O)O)C(=O)NCC(=O)O. The third-order valence-electron chi connectivity index (χ3n) is 3.49. The normalized spacial score (nSPS) is 12.8. The van der Waals surface area contributed by atoms with Crippen LogP contribution in [0, 0.1) is 0 Å². The van der Waals surface area contributed by atoms with Crippen molar-refractivity contribution >= 4 is 35.5 Å². The van der Waals surface area contributed by atoms with Crippen LogP contribution in [0.2, 0.25) is 0 Å². The summed E-state index contributed by atoms with van der Waals surface area (Å²) in [4.78, 5) is 45.2. The average Bonchev–Trinajstić information content (AvgIpc) is 2.59. The number of aliphatic carboxylic acids is 2. The minimum absolute atomic E-state index is 0.0468. The third-order valence-corrected chi connectivity index (χ3v) is 4.64. The van der Waals surface area contributed by atoms with E-state index in [-0.39, 0.29) is 12.8 Å². The third kappa shape index (κ3) is 12.5. The molecule has 0 saturated carbocycles. The van der Waals surface area contributed by atoms with Gasteiger partial charge in [-0.1, -0.05) is 26.2 Å². The lowest BCUT2D eigenvalue weighted by atomic mass is 10.1. The monoisotopic (exact) mass is 391 g/mol. The van der Waals surface area contributed by atoms with E-state index in [4.69, 9.17) is 15.9 Å². The van der Waals surface area contributed by atoms with Gasteiger partial charge in [0, 0.05) is 12.2 Å². The Labute approximate surface area is 157 Å². The van der Waals surface area contributed by atoms with Gasteiger partial charge in [0.15, 0.2) is 0 Å². The van der Waals surface area contributed by atoms with E-state index in [1.807, 2.05) is 0 Å². The van der Waals surface area contributed by atoms with Gasteiger partial charge in [-0.2, -0.15) is 11.8 Å². The highest BCUT2D eigenvalue weighted by Gasteiger charge is 2.22. The molecule has 0 fully saturated rings. The lowest BCUT2D eigenvalue weighted by molar-refractivity contribution is -0.139. The summed E-state index contributed by atoms with van der Waals surface area (Å²) in [5.41, 5.74) is 5.35. The summed E-state index contributed by atoms with van der Waals surface area (Å²) in [6.07, 6.45) is 4.19. The van der Waals surface area contributed by atoms with Crippen LogP contribution in [0.15, 0.2) is 0 Å². The van der Waals surface area contributed by atoms with Gasteiger partial charge in [0.25, 0.3) is 0 Å². The highest BCUT2D eigenvalue weighted by atomic mass is 32.2. The maximum absolute atomic E-state index is 12.1. The molecule has 150 valence electrons. The van der Waals surface area contributed by atoms with Crippen LogP contribution in [0.4, 0.5) is 0 Å². The molecular weight excluding hydrogens is 362 g/mol. The second-order valence-electron chi connectivity index (χ2n) is 5.85. The number of carboxylic acid groups (broad SMARTS) is 2. The summed E-state index contributed by atoms with van der Waals surface area (Å²) >= 11 is 1.50. The zero-order valence-corrected chi connectivity index (χ0v) is 15.8. The Hall–Kier alpha value is -1.81. The molecule has 0 aliphatic carbocycles. The summed E-state index contributed by atoms with van der Waals surface area (Å²) < 4.78 is 0. The number of carboxylic acids is 2.